The maximum atomic E-state index is 13.4. The third kappa shape index (κ3) is 4.76. The molecule has 152 valence electrons. The van der Waals surface area contributed by atoms with E-state index in [0.29, 0.717) is 23.9 Å². The summed E-state index contributed by atoms with van der Waals surface area (Å²) in [6, 6.07) is -0.0164. The highest BCUT2D eigenvalue weighted by Gasteiger charge is 2.42. The molecule has 0 bridgehead atoms. The van der Waals surface area contributed by atoms with Crippen molar-refractivity contribution < 1.29 is 14.8 Å². The number of rotatable bonds is 9. The fourth-order valence-corrected chi connectivity index (χ4v) is 4.75. The van der Waals surface area contributed by atoms with Crippen LogP contribution in [-0.2, 0) is 9.59 Å². The molecule has 1 saturated carbocycles. The molecule has 0 aromatic carbocycles. The summed E-state index contributed by atoms with van der Waals surface area (Å²) in [5.74, 6) is 0.170. The first kappa shape index (κ1) is 20.0. The highest BCUT2D eigenvalue weighted by molar-refractivity contribution is 5.80. The Bertz CT molecular complexity index is 539. The zero-order valence-electron chi connectivity index (χ0n) is 16.2. The Balaban J connectivity index is 1.70. The van der Waals surface area contributed by atoms with Gasteiger partial charge in [-0.15, -0.1) is 5.11 Å². The molecule has 9 heteroatoms. The average Bonchev–Trinajstić information content (AvgIpc) is 3.41. The molecule has 0 spiro atoms. The number of hydrogen-bond donors (Lipinski definition) is 2. The van der Waals surface area contributed by atoms with Gasteiger partial charge in [0.25, 0.3) is 0 Å². The van der Waals surface area contributed by atoms with Gasteiger partial charge in [0.2, 0.25) is 12.3 Å². The molecular formula is C18H32N6O3. The summed E-state index contributed by atoms with van der Waals surface area (Å²) in [6.07, 6.45) is 8.42. The van der Waals surface area contributed by atoms with Gasteiger partial charge in [-0.25, -0.2) is 10.6 Å². The van der Waals surface area contributed by atoms with Crippen molar-refractivity contribution in [3.63, 3.8) is 0 Å². The van der Waals surface area contributed by atoms with Gasteiger partial charge >= 0.3 is 0 Å². The van der Waals surface area contributed by atoms with Crippen molar-refractivity contribution in [3.8, 4) is 0 Å². The van der Waals surface area contributed by atoms with Crippen molar-refractivity contribution in [2.45, 2.75) is 70.5 Å². The fourth-order valence-electron chi connectivity index (χ4n) is 4.75. The van der Waals surface area contributed by atoms with E-state index >= 15 is 0 Å². The number of hydrazine groups is 1. The van der Waals surface area contributed by atoms with Crippen LogP contribution in [0.2, 0.25) is 0 Å². The van der Waals surface area contributed by atoms with E-state index in [0.717, 1.165) is 45.1 Å². The first-order chi connectivity index (χ1) is 13.1. The van der Waals surface area contributed by atoms with Crippen molar-refractivity contribution in [1.29, 1.82) is 0 Å². The molecule has 2 fully saturated rings. The fraction of sp³-hybridized carbons (Fsp3) is 0.889. The SMILES string of the molecule is CCCN1NN=NC1[C@@H]1CCCN1C(=O)[C@H](CC1CCCC1)CN(O)C=O. The van der Waals surface area contributed by atoms with Crippen LogP contribution in [0.15, 0.2) is 10.3 Å². The molecule has 1 unspecified atom stereocenters. The van der Waals surface area contributed by atoms with Gasteiger partial charge in [-0.2, -0.15) is 5.01 Å². The second-order valence-corrected chi connectivity index (χ2v) is 7.97. The molecule has 2 amide bonds. The van der Waals surface area contributed by atoms with E-state index in [2.05, 4.69) is 22.8 Å². The molecular weight excluding hydrogens is 348 g/mol. The molecule has 1 saturated heterocycles. The Hall–Kier alpha value is -1.74. The van der Waals surface area contributed by atoms with Crippen molar-refractivity contribution in [3.05, 3.63) is 0 Å². The molecule has 27 heavy (non-hydrogen) atoms. The van der Waals surface area contributed by atoms with E-state index in [1.165, 1.54) is 12.8 Å². The number of amides is 2. The molecule has 0 aromatic heterocycles. The van der Waals surface area contributed by atoms with E-state index in [9.17, 15) is 14.8 Å². The Morgan fingerprint density at radius 3 is 2.81 bits per heavy atom. The molecule has 0 aromatic rings. The van der Waals surface area contributed by atoms with Crippen LogP contribution in [0, 0.1) is 11.8 Å². The number of nitrogens with zero attached hydrogens (tertiary/aromatic N) is 5. The van der Waals surface area contributed by atoms with Gasteiger partial charge in [0.05, 0.1) is 18.5 Å². The first-order valence-electron chi connectivity index (χ1n) is 10.3. The summed E-state index contributed by atoms with van der Waals surface area (Å²) < 4.78 is 0. The van der Waals surface area contributed by atoms with Crippen molar-refractivity contribution >= 4 is 12.3 Å². The highest BCUT2D eigenvalue weighted by Crippen LogP contribution is 2.33. The lowest BCUT2D eigenvalue weighted by Gasteiger charge is -2.34. The van der Waals surface area contributed by atoms with Crippen LogP contribution in [-0.4, -0.2) is 64.3 Å². The Morgan fingerprint density at radius 1 is 1.33 bits per heavy atom. The maximum Gasteiger partial charge on any atom is 0.233 e. The number of nitrogens with one attached hydrogen (secondary N) is 1. The molecule has 0 radical (unpaired) electrons. The minimum atomic E-state index is -0.366. The average molecular weight is 380 g/mol. The van der Waals surface area contributed by atoms with Crippen molar-refractivity contribution in [1.82, 2.24) is 20.5 Å². The Labute approximate surface area is 160 Å². The van der Waals surface area contributed by atoms with Gasteiger partial charge in [-0.1, -0.05) is 37.8 Å². The Morgan fingerprint density at radius 2 is 2.11 bits per heavy atom. The topological polar surface area (TPSA) is 101 Å². The predicted molar refractivity (Wildman–Crippen MR) is 98.1 cm³/mol. The van der Waals surface area contributed by atoms with Crippen molar-refractivity contribution in [2.24, 2.45) is 22.2 Å². The lowest BCUT2D eigenvalue weighted by molar-refractivity contribution is -0.158. The third-order valence-corrected chi connectivity index (χ3v) is 6.03. The second kappa shape index (κ2) is 9.45. The summed E-state index contributed by atoms with van der Waals surface area (Å²) in [7, 11) is 0. The Kier molecular flexibility index (Phi) is 7.01. The highest BCUT2D eigenvalue weighted by atomic mass is 16.5. The smallest absolute Gasteiger partial charge is 0.233 e. The lowest BCUT2D eigenvalue weighted by Crippen LogP contribution is -2.53. The maximum absolute atomic E-state index is 13.4. The van der Waals surface area contributed by atoms with Crippen LogP contribution in [0.25, 0.3) is 0 Å². The standard InChI is InChI=1S/C18H32N6O3/c1-2-9-24-17(19-20-21-24)16-8-5-10-23(16)18(26)15(12-22(27)13-25)11-14-6-3-4-7-14/h13-17,27H,2-12H2,1H3,(H,19,21)/t15-,16+,17?/m1/s1. The lowest BCUT2D eigenvalue weighted by atomic mass is 9.91. The monoisotopic (exact) mass is 380 g/mol. The molecule has 3 atom stereocenters. The van der Waals surface area contributed by atoms with Gasteiger partial charge < -0.3 is 4.90 Å². The number of carbonyl (C=O) groups excluding carboxylic acids is 2. The minimum Gasteiger partial charge on any atom is -0.336 e. The van der Waals surface area contributed by atoms with Crippen LogP contribution < -0.4 is 5.53 Å². The summed E-state index contributed by atoms with van der Waals surface area (Å²) in [4.78, 5) is 26.2. The summed E-state index contributed by atoms with van der Waals surface area (Å²) in [5, 5.41) is 20.6. The quantitative estimate of drug-likeness (QED) is 0.362. The largest absolute Gasteiger partial charge is 0.336 e. The first-order valence-corrected chi connectivity index (χ1v) is 10.3. The van der Waals surface area contributed by atoms with Gasteiger partial charge in [0.1, 0.15) is 0 Å². The molecule has 2 N–H and O–H groups in total. The van der Waals surface area contributed by atoms with Gasteiger partial charge in [0, 0.05) is 13.1 Å². The summed E-state index contributed by atoms with van der Waals surface area (Å²) in [5.41, 5.74) is 2.93. The van der Waals surface area contributed by atoms with E-state index in [-0.39, 0.29) is 30.6 Å². The zero-order chi connectivity index (χ0) is 19.2. The van der Waals surface area contributed by atoms with E-state index in [4.69, 9.17) is 0 Å². The molecule has 3 rings (SSSR count). The molecule has 9 nitrogen and oxygen atoms in total. The van der Waals surface area contributed by atoms with E-state index < -0.39 is 0 Å². The van der Waals surface area contributed by atoms with E-state index in [1.54, 1.807) is 0 Å². The van der Waals surface area contributed by atoms with E-state index in [1.807, 2.05) is 9.91 Å². The van der Waals surface area contributed by atoms with Crippen LogP contribution >= 0.6 is 0 Å². The van der Waals surface area contributed by atoms with Gasteiger partial charge in [0.15, 0.2) is 6.17 Å². The predicted octanol–water partition coefficient (Wildman–Crippen LogP) is 1.94. The van der Waals surface area contributed by atoms with Crippen LogP contribution in [0.3, 0.4) is 0 Å². The summed E-state index contributed by atoms with van der Waals surface area (Å²) in [6.45, 7) is 3.67. The zero-order valence-corrected chi connectivity index (χ0v) is 16.2. The van der Waals surface area contributed by atoms with Gasteiger partial charge in [-0.3, -0.25) is 14.8 Å². The number of hydroxylamine groups is 2. The van der Waals surface area contributed by atoms with Crippen LogP contribution in [0.5, 0.6) is 0 Å². The number of carbonyl (C=O) groups is 2. The minimum absolute atomic E-state index is 0.0164. The number of hydrogen-bond acceptors (Lipinski definition) is 7. The summed E-state index contributed by atoms with van der Waals surface area (Å²) >= 11 is 0. The molecule has 2 heterocycles. The molecule has 2 aliphatic heterocycles. The van der Waals surface area contributed by atoms with Crippen molar-refractivity contribution in [2.75, 3.05) is 19.6 Å². The van der Waals surface area contributed by atoms with Crippen LogP contribution in [0.4, 0.5) is 0 Å². The second-order valence-electron chi connectivity index (χ2n) is 7.97. The normalized spacial score (nSPS) is 27.1. The van der Waals surface area contributed by atoms with Crippen LogP contribution in [0.1, 0.15) is 58.3 Å². The number of likely N-dealkylation sites (tertiary alicyclic amines) is 1. The molecule has 3 aliphatic rings. The van der Waals surface area contributed by atoms with Gasteiger partial charge in [-0.05, 0) is 31.6 Å². The molecule has 1 aliphatic carbocycles. The third-order valence-electron chi connectivity index (χ3n) is 6.03.